The van der Waals surface area contributed by atoms with E-state index in [1.165, 1.54) is 0 Å². The van der Waals surface area contributed by atoms with Crippen LogP contribution in [0.2, 0.25) is 0 Å². The Kier molecular flexibility index (Phi) is 6.67. The normalized spacial score (nSPS) is 12.0. The summed E-state index contributed by atoms with van der Waals surface area (Å²) in [5.41, 5.74) is 2.50. The molecule has 0 aliphatic heterocycles. The van der Waals surface area contributed by atoms with E-state index in [0.717, 1.165) is 32.2 Å². The van der Waals surface area contributed by atoms with Crippen molar-refractivity contribution < 1.29 is 9.59 Å². The Morgan fingerprint density at radius 2 is 1.72 bits per heavy atom. The fourth-order valence-electron chi connectivity index (χ4n) is 3.09. The molecule has 0 saturated heterocycles. The minimum atomic E-state index is -0.467. The van der Waals surface area contributed by atoms with Crippen molar-refractivity contribution in [3.63, 3.8) is 0 Å². The predicted molar refractivity (Wildman–Crippen MR) is 122 cm³/mol. The van der Waals surface area contributed by atoms with Crippen LogP contribution in [-0.4, -0.2) is 36.3 Å². The van der Waals surface area contributed by atoms with E-state index in [-0.39, 0.29) is 18.4 Å². The molecule has 0 fully saturated rings. The predicted octanol–water partition coefficient (Wildman–Crippen LogP) is 4.81. The van der Waals surface area contributed by atoms with Crippen LogP contribution in [0.15, 0.2) is 65.1 Å². The van der Waals surface area contributed by atoms with Crippen LogP contribution < -0.4 is 10.6 Å². The summed E-state index contributed by atoms with van der Waals surface area (Å²) in [5.74, 6) is -0.320. The van der Waals surface area contributed by atoms with Crippen molar-refractivity contribution in [2.24, 2.45) is 0 Å². The van der Waals surface area contributed by atoms with Crippen molar-refractivity contribution in [2.45, 2.75) is 19.9 Å². The van der Waals surface area contributed by atoms with Crippen LogP contribution >= 0.6 is 15.9 Å². The second kappa shape index (κ2) is 9.20. The van der Waals surface area contributed by atoms with Crippen molar-refractivity contribution >= 4 is 49.9 Å². The number of hydrogen-bond acceptors (Lipinski definition) is 3. The maximum Gasteiger partial charge on any atom is 0.241 e. The molecule has 29 heavy (non-hydrogen) atoms. The molecule has 2 N–H and O–H groups in total. The molecule has 3 aromatic carbocycles. The third-order valence-corrected chi connectivity index (χ3v) is 5.44. The minimum Gasteiger partial charge on any atom is -0.325 e. The monoisotopic (exact) mass is 453 g/mol. The lowest BCUT2D eigenvalue weighted by Crippen LogP contribution is -2.43. The fraction of sp³-hybridized carbons (Fsp3) is 0.217. The van der Waals surface area contributed by atoms with E-state index < -0.39 is 6.04 Å². The van der Waals surface area contributed by atoms with Crippen LogP contribution in [0.4, 0.5) is 11.4 Å². The standard InChI is InChI=1S/C23H24BrN3O2/c1-15-13-18(24)11-12-20(15)25-22(28)14-27(3)16(2)23(29)26-21-10-6-8-17-7-4-5-9-19(17)21/h4-13,16H,14H2,1-3H3,(H,25,28)(H,26,29). The number of aryl methyl sites for hydroxylation is 1. The van der Waals surface area contributed by atoms with Gasteiger partial charge in [-0.1, -0.05) is 52.3 Å². The van der Waals surface area contributed by atoms with Crippen LogP contribution in [0, 0.1) is 6.92 Å². The van der Waals surface area contributed by atoms with Gasteiger partial charge in [0.15, 0.2) is 0 Å². The Morgan fingerprint density at radius 3 is 2.48 bits per heavy atom. The van der Waals surface area contributed by atoms with Crippen LogP contribution in [-0.2, 0) is 9.59 Å². The summed E-state index contributed by atoms with van der Waals surface area (Å²) in [6.45, 7) is 3.84. The van der Waals surface area contributed by atoms with Gasteiger partial charge < -0.3 is 10.6 Å². The first-order valence-electron chi connectivity index (χ1n) is 9.40. The number of nitrogens with zero attached hydrogens (tertiary/aromatic N) is 1. The number of carbonyl (C=O) groups is 2. The maximum absolute atomic E-state index is 12.7. The number of rotatable bonds is 6. The molecule has 0 aliphatic carbocycles. The average Bonchev–Trinajstić information content (AvgIpc) is 2.69. The number of hydrogen-bond donors (Lipinski definition) is 2. The highest BCUT2D eigenvalue weighted by molar-refractivity contribution is 9.10. The average molecular weight is 454 g/mol. The first kappa shape index (κ1) is 21.0. The zero-order valence-electron chi connectivity index (χ0n) is 16.7. The summed E-state index contributed by atoms with van der Waals surface area (Å²) in [7, 11) is 1.77. The van der Waals surface area contributed by atoms with Crippen molar-refractivity contribution in [1.29, 1.82) is 0 Å². The molecule has 0 bridgehead atoms. The number of fused-ring (bicyclic) bond motifs is 1. The molecule has 1 atom stereocenters. The minimum absolute atomic E-state index is 0.111. The van der Waals surface area contributed by atoms with Crippen LogP contribution in [0.25, 0.3) is 10.8 Å². The number of likely N-dealkylation sites (N-methyl/N-ethyl adjacent to an activating group) is 1. The van der Waals surface area contributed by atoms with E-state index >= 15 is 0 Å². The molecular formula is C23H24BrN3O2. The van der Waals surface area contributed by atoms with Crippen LogP contribution in [0.5, 0.6) is 0 Å². The van der Waals surface area contributed by atoms with Crippen molar-refractivity contribution in [3.8, 4) is 0 Å². The molecule has 1 unspecified atom stereocenters. The summed E-state index contributed by atoms with van der Waals surface area (Å²) < 4.78 is 0.962. The molecule has 0 aromatic heterocycles. The number of halogens is 1. The summed E-state index contributed by atoms with van der Waals surface area (Å²) >= 11 is 3.41. The molecule has 2 amide bonds. The van der Waals surface area contributed by atoms with Crippen molar-refractivity contribution in [1.82, 2.24) is 4.90 Å². The summed E-state index contributed by atoms with van der Waals surface area (Å²) in [6.07, 6.45) is 0. The highest BCUT2D eigenvalue weighted by Gasteiger charge is 2.21. The second-order valence-electron chi connectivity index (χ2n) is 7.11. The molecular weight excluding hydrogens is 430 g/mol. The zero-order valence-corrected chi connectivity index (χ0v) is 18.3. The van der Waals surface area contributed by atoms with Crippen LogP contribution in [0.3, 0.4) is 0 Å². The van der Waals surface area contributed by atoms with Gasteiger partial charge in [-0.15, -0.1) is 0 Å². The first-order valence-corrected chi connectivity index (χ1v) is 10.2. The molecule has 3 aromatic rings. The van der Waals surface area contributed by atoms with Gasteiger partial charge in [0.1, 0.15) is 0 Å². The Balaban J connectivity index is 1.62. The summed E-state index contributed by atoms with van der Waals surface area (Å²) in [4.78, 5) is 26.9. The lowest BCUT2D eigenvalue weighted by molar-refractivity contribution is -0.122. The van der Waals surface area contributed by atoms with Gasteiger partial charge in [-0.25, -0.2) is 0 Å². The van der Waals surface area contributed by atoms with Crippen LogP contribution in [0.1, 0.15) is 12.5 Å². The number of carbonyl (C=O) groups excluding carboxylic acids is 2. The smallest absolute Gasteiger partial charge is 0.241 e. The van der Waals surface area contributed by atoms with Gasteiger partial charge in [-0.05, 0) is 56.1 Å². The summed E-state index contributed by atoms with van der Waals surface area (Å²) in [5, 5.41) is 7.94. The third kappa shape index (κ3) is 5.22. The molecule has 0 spiro atoms. The number of anilines is 2. The maximum atomic E-state index is 12.7. The zero-order chi connectivity index (χ0) is 21.0. The molecule has 0 aliphatic rings. The highest BCUT2D eigenvalue weighted by Crippen LogP contribution is 2.23. The van der Waals surface area contributed by atoms with Gasteiger partial charge >= 0.3 is 0 Å². The Morgan fingerprint density at radius 1 is 1.00 bits per heavy atom. The van der Waals surface area contributed by atoms with Crippen molar-refractivity contribution in [2.75, 3.05) is 24.2 Å². The van der Waals surface area contributed by atoms with E-state index in [0.29, 0.717) is 0 Å². The van der Waals surface area contributed by atoms with E-state index in [1.807, 2.05) is 67.6 Å². The van der Waals surface area contributed by atoms with Gasteiger partial charge in [-0.3, -0.25) is 14.5 Å². The number of benzene rings is 3. The Bertz CT molecular complexity index is 1050. The molecule has 150 valence electrons. The van der Waals surface area contributed by atoms with Gasteiger partial charge in [0.25, 0.3) is 0 Å². The molecule has 0 heterocycles. The second-order valence-corrected chi connectivity index (χ2v) is 8.03. The molecule has 6 heteroatoms. The van der Waals surface area contributed by atoms with Crippen molar-refractivity contribution in [3.05, 3.63) is 70.7 Å². The highest BCUT2D eigenvalue weighted by atomic mass is 79.9. The van der Waals surface area contributed by atoms with E-state index in [2.05, 4.69) is 26.6 Å². The third-order valence-electron chi connectivity index (χ3n) is 4.94. The topological polar surface area (TPSA) is 61.4 Å². The summed E-state index contributed by atoms with van der Waals surface area (Å²) in [6, 6.07) is 18.9. The Hall–Kier alpha value is -2.70. The molecule has 0 radical (unpaired) electrons. The molecule has 3 rings (SSSR count). The number of nitrogens with one attached hydrogen (secondary N) is 2. The molecule has 5 nitrogen and oxygen atoms in total. The Labute approximate surface area is 179 Å². The van der Waals surface area contributed by atoms with Gasteiger partial charge in [0.2, 0.25) is 11.8 Å². The van der Waals surface area contributed by atoms with Gasteiger partial charge in [0.05, 0.1) is 12.6 Å². The fourth-order valence-corrected chi connectivity index (χ4v) is 3.57. The SMILES string of the molecule is Cc1cc(Br)ccc1NC(=O)CN(C)C(C)C(=O)Nc1cccc2ccccc12. The lowest BCUT2D eigenvalue weighted by atomic mass is 10.1. The van der Waals surface area contributed by atoms with E-state index in [4.69, 9.17) is 0 Å². The van der Waals surface area contributed by atoms with E-state index in [1.54, 1.807) is 18.9 Å². The number of amides is 2. The largest absolute Gasteiger partial charge is 0.325 e. The lowest BCUT2D eigenvalue weighted by Gasteiger charge is -2.23. The van der Waals surface area contributed by atoms with E-state index in [9.17, 15) is 9.59 Å². The van der Waals surface area contributed by atoms with Gasteiger partial charge in [0, 0.05) is 21.2 Å². The molecule has 0 saturated carbocycles. The first-order chi connectivity index (χ1) is 13.8. The van der Waals surface area contributed by atoms with Gasteiger partial charge in [-0.2, -0.15) is 0 Å². The quantitative estimate of drug-likeness (QED) is 0.562.